The number of aryl methyl sites for hydroxylation is 2. The van der Waals surface area contributed by atoms with E-state index in [1.54, 1.807) is 18.7 Å². The van der Waals surface area contributed by atoms with Crippen molar-refractivity contribution >= 4 is 23.6 Å². The Morgan fingerprint density at radius 2 is 1.67 bits per heavy atom. The summed E-state index contributed by atoms with van der Waals surface area (Å²) < 4.78 is 37.2. The number of aliphatic hydroxyl groups is 1. The largest absolute Gasteiger partial charge is 0.457 e. The molecule has 1 amide bonds. The van der Waals surface area contributed by atoms with Gasteiger partial charge in [0.25, 0.3) is 0 Å². The smallest absolute Gasteiger partial charge is 0.410 e. The molecule has 3 aliphatic rings. The van der Waals surface area contributed by atoms with Crippen LogP contribution < -0.4 is 0 Å². The fraction of sp³-hybridized carbons (Fsp3) is 0.717. The molecule has 14 nitrogen and oxygen atoms in total. The number of ketones is 2. The van der Waals surface area contributed by atoms with Crippen LogP contribution in [0.1, 0.15) is 105 Å². The van der Waals surface area contributed by atoms with E-state index in [4.69, 9.17) is 28.2 Å². The summed E-state index contributed by atoms with van der Waals surface area (Å²) in [4.78, 5) is 60.9. The Hall–Kier alpha value is -3.69. The molecule has 60 heavy (non-hydrogen) atoms. The number of hydrogen-bond acceptors (Lipinski definition) is 13. The van der Waals surface area contributed by atoms with E-state index in [1.165, 1.54) is 14.0 Å². The lowest BCUT2D eigenvalue weighted by molar-refractivity contribution is -0.295. The average Bonchev–Trinajstić information content (AvgIpc) is 3.81. The third kappa shape index (κ3) is 9.67. The molecule has 0 spiro atoms. The topological polar surface area (TPSA) is 167 Å². The number of amides is 1. The third-order valence-electron chi connectivity index (χ3n) is 13.5. The second-order valence-electron chi connectivity index (χ2n) is 18.0. The van der Waals surface area contributed by atoms with Crippen molar-refractivity contribution in [2.24, 2.45) is 23.7 Å². The molecule has 0 bridgehead atoms. The summed E-state index contributed by atoms with van der Waals surface area (Å²) in [6.45, 7) is 16.5. The maximum absolute atomic E-state index is 14.8. The highest BCUT2D eigenvalue weighted by atomic mass is 16.7. The number of rotatable bonds is 12. The molecule has 0 aliphatic carbocycles. The highest BCUT2D eigenvalue weighted by Gasteiger charge is 2.62. The molecule has 4 heterocycles. The van der Waals surface area contributed by atoms with Crippen molar-refractivity contribution < 1.29 is 52.5 Å². The highest BCUT2D eigenvalue weighted by molar-refractivity contribution is 6.00. The van der Waals surface area contributed by atoms with Crippen molar-refractivity contribution in [3.8, 4) is 11.3 Å². The number of carbonyl (C=O) groups excluding carboxylic acids is 4. The zero-order chi connectivity index (χ0) is 44.3. The molecule has 13 atom stereocenters. The fourth-order valence-electron chi connectivity index (χ4n) is 9.87. The summed E-state index contributed by atoms with van der Waals surface area (Å²) in [6, 6.07) is 8.93. The number of aromatic nitrogens is 1. The number of hydrogen-bond donors (Lipinski definition) is 1. The van der Waals surface area contributed by atoms with Gasteiger partial charge in [0.1, 0.15) is 35.4 Å². The van der Waals surface area contributed by atoms with E-state index in [9.17, 15) is 24.3 Å². The minimum absolute atomic E-state index is 0.128. The summed E-state index contributed by atoms with van der Waals surface area (Å²) in [5, 5.41) is 15.7. The summed E-state index contributed by atoms with van der Waals surface area (Å²) in [5.41, 5.74) is 0.230. The van der Waals surface area contributed by atoms with Crippen LogP contribution in [-0.2, 0) is 44.5 Å². The molecule has 0 saturated carbocycles. The lowest BCUT2D eigenvalue weighted by Gasteiger charge is -2.47. The van der Waals surface area contributed by atoms with Crippen molar-refractivity contribution in [3.05, 3.63) is 41.7 Å². The molecular weight excluding hydrogens is 771 g/mol. The van der Waals surface area contributed by atoms with Gasteiger partial charge in [0.2, 0.25) is 0 Å². The van der Waals surface area contributed by atoms with Crippen molar-refractivity contribution in [3.63, 3.8) is 0 Å². The number of methoxy groups -OCH3 is 1. The van der Waals surface area contributed by atoms with Gasteiger partial charge in [0, 0.05) is 55.5 Å². The van der Waals surface area contributed by atoms with Crippen molar-refractivity contribution in [2.75, 3.05) is 27.7 Å². The lowest BCUT2D eigenvalue weighted by atomic mass is 9.72. The number of aliphatic hydroxyl groups excluding tert-OH is 1. The summed E-state index contributed by atoms with van der Waals surface area (Å²) >= 11 is 0. The Morgan fingerprint density at radius 1 is 0.983 bits per heavy atom. The van der Waals surface area contributed by atoms with Gasteiger partial charge in [-0.25, -0.2) is 4.79 Å². The van der Waals surface area contributed by atoms with Gasteiger partial charge < -0.3 is 43.1 Å². The maximum Gasteiger partial charge on any atom is 0.410 e. The number of unbranched alkanes of at least 4 members (excludes halogenated alkanes) is 1. The fourth-order valence-corrected chi connectivity index (χ4v) is 9.87. The van der Waals surface area contributed by atoms with Crippen LogP contribution in [-0.4, -0.2) is 125 Å². The van der Waals surface area contributed by atoms with Crippen molar-refractivity contribution in [2.45, 2.75) is 161 Å². The molecule has 14 heteroatoms. The zero-order valence-corrected chi connectivity index (χ0v) is 37.8. The van der Waals surface area contributed by atoms with Crippen LogP contribution in [0.4, 0.5) is 4.79 Å². The first-order valence-corrected chi connectivity index (χ1v) is 21.8. The molecule has 0 radical (unpaired) electrons. The van der Waals surface area contributed by atoms with Crippen LogP contribution in [0.25, 0.3) is 11.3 Å². The third-order valence-corrected chi connectivity index (χ3v) is 13.5. The van der Waals surface area contributed by atoms with E-state index in [1.807, 2.05) is 90.9 Å². The minimum Gasteiger partial charge on any atom is -0.457 e. The second kappa shape index (κ2) is 19.6. The maximum atomic E-state index is 14.8. The van der Waals surface area contributed by atoms with Crippen molar-refractivity contribution in [1.82, 2.24) is 15.0 Å². The van der Waals surface area contributed by atoms with Gasteiger partial charge in [0.05, 0.1) is 23.9 Å². The number of cyclic esters (lactones) is 1. The number of benzene rings is 1. The summed E-state index contributed by atoms with van der Waals surface area (Å²) in [7, 11) is 5.25. The molecule has 3 fully saturated rings. The Bertz CT molecular complexity index is 1800. The van der Waals surface area contributed by atoms with E-state index < -0.39 is 83.4 Å². The molecule has 2 aromatic rings. The van der Waals surface area contributed by atoms with Crippen LogP contribution in [0, 0.1) is 30.6 Å². The molecular formula is C46H69N3O11. The normalized spacial score (nSPS) is 35.9. The van der Waals surface area contributed by atoms with Crippen LogP contribution in [0.2, 0.25) is 0 Å². The standard InChI is InChI=1S/C46H69N3O11/c1-13-36-46(14-2)40(49(44(54)59-46)22-16-15-17-33-24-34(47-60-33)32-20-18-26(3)19-21-32)29(6)37(50)27(4)25-45(9,55-12)41(30(7)38(51)31(8)42(53)57-36)58-43-39(52)35(48(10)11)23-28(5)56-43/h18-21,24,27-31,35-36,39-41,43,52H,13-17,22-23,25H2,1-12H3/t27-,28-,29+,30+,31-,35+,36-,39-,40-,41-,43?,45+,46-/m1/s1. The van der Waals surface area contributed by atoms with Gasteiger partial charge in [-0.2, -0.15) is 0 Å². The van der Waals surface area contributed by atoms with E-state index in [2.05, 4.69) is 5.16 Å². The molecule has 1 unspecified atom stereocenters. The van der Waals surface area contributed by atoms with Gasteiger partial charge in [-0.1, -0.05) is 69.6 Å². The minimum atomic E-state index is -1.37. The van der Waals surface area contributed by atoms with Gasteiger partial charge in [-0.15, -0.1) is 0 Å². The SMILES string of the molecule is CC[C@H]1OC(=O)[C@H](C)C(=O)[C@H](C)[C@@H](OC2O[C@H](C)C[C@H](N(C)C)[C@H]2O)[C@@](C)(OC)C[C@@H](C)C(=O)[C@H](C)[C@H]2N(CCCCc3cc(-c4ccc(C)cc4)no3)C(=O)O[C@]12CC. The molecule has 334 valence electrons. The summed E-state index contributed by atoms with van der Waals surface area (Å²) in [5.74, 6) is -4.23. The van der Waals surface area contributed by atoms with Gasteiger partial charge >= 0.3 is 12.1 Å². The number of fused-ring (bicyclic) bond motifs is 1. The van der Waals surface area contributed by atoms with Gasteiger partial charge in [-0.05, 0) is 80.3 Å². The van der Waals surface area contributed by atoms with Crippen LogP contribution in [0.5, 0.6) is 0 Å². The van der Waals surface area contributed by atoms with E-state index >= 15 is 0 Å². The lowest BCUT2D eigenvalue weighted by Crippen LogP contribution is -2.61. The Kier molecular flexibility index (Phi) is 15.4. The van der Waals surface area contributed by atoms with Crippen LogP contribution >= 0.6 is 0 Å². The van der Waals surface area contributed by atoms with E-state index in [0.717, 1.165) is 22.6 Å². The Morgan fingerprint density at radius 3 is 2.28 bits per heavy atom. The highest BCUT2D eigenvalue weighted by Crippen LogP contribution is 2.45. The van der Waals surface area contributed by atoms with E-state index in [-0.39, 0.29) is 43.7 Å². The molecule has 3 aliphatic heterocycles. The first-order chi connectivity index (χ1) is 28.3. The molecule has 3 saturated heterocycles. The Labute approximate surface area is 355 Å². The van der Waals surface area contributed by atoms with Crippen LogP contribution in [0.15, 0.2) is 34.9 Å². The molecule has 5 rings (SSSR count). The molecule has 1 N–H and O–H groups in total. The van der Waals surface area contributed by atoms with Gasteiger partial charge in [0.15, 0.2) is 17.7 Å². The predicted octanol–water partition coefficient (Wildman–Crippen LogP) is 6.57. The molecule has 1 aromatic heterocycles. The monoisotopic (exact) mass is 839 g/mol. The number of likely N-dealkylation sites (N-methyl/N-ethyl adjacent to an activating group) is 1. The van der Waals surface area contributed by atoms with Crippen LogP contribution in [0.3, 0.4) is 0 Å². The summed E-state index contributed by atoms with van der Waals surface area (Å²) in [6.07, 6.45) is -1.95. The molecule has 1 aromatic carbocycles. The number of esters is 1. The quantitative estimate of drug-likeness (QED) is 0.139. The average molecular weight is 840 g/mol. The number of Topliss-reactive ketones (excluding diaryl/α,β-unsaturated/α-hetero) is 2. The number of carbonyl (C=O) groups is 4. The first-order valence-electron chi connectivity index (χ1n) is 21.8. The zero-order valence-electron chi connectivity index (χ0n) is 37.8. The van der Waals surface area contributed by atoms with Crippen molar-refractivity contribution in [1.29, 1.82) is 0 Å². The number of ether oxygens (including phenoxy) is 5. The first kappa shape index (κ1) is 47.4. The predicted molar refractivity (Wildman–Crippen MR) is 224 cm³/mol. The van der Waals surface area contributed by atoms with E-state index in [0.29, 0.717) is 25.7 Å². The number of nitrogens with zero attached hydrogens (tertiary/aromatic N) is 3. The van der Waals surface area contributed by atoms with Gasteiger partial charge in [-0.3, -0.25) is 14.4 Å². The second-order valence-corrected chi connectivity index (χ2v) is 18.0. The Balaban J connectivity index is 1.45.